The van der Waals surface area contributed by atoms with Gasteiger partial charge in [0.05, 0.1) is 31.2 Å². The fourth-order valence-corrected chi connectivity index (χ4v) is 3.56. The molecule has 0 amide bonds. The predicted octanol–water partition coefficient (Wildman–Crippen LogP) is 2.63. The van der Waals surface area contributed by atoms with Crippen molar-refractivity contribution in [3.63, 3.8) is 0 Å². The molecule has 0 bridgehead atoms. The van der Waals surface area contributed by atoms with E-state index in [1.165, 1.54) is 14.2 Å². The Balaban J connectivity index is 2.03. The first-order chi connectivity index (χ1) is 14.0. The van der Waals surface area contributed by atoms with Crippen LogP contribution in [-0.4, -0.2) is 55.2 Å². The average molecular weight is 421 g/mol. The number of hydrogen-bond acceptors (Lipinski definition) is 6. The first-order valence-electron chi connectivity index (χ1n) is 8.60. The van der Waals surface area contributed by atoms with E-state index in [2.05, 4.69) is 20.2 Å². The topological polar surface area (TPSA) is 103 Å². The zero-order valence-corrected chi connectivity index (χ0v) is 16.6. The second kappa shape index (κ2) is 7.47. The number of aliphatic hydroxyl groups is 1. The number of ether oxygens (including phenoxy) is 2. The number of nitrogens with one attached hydrogen (secondary N) is 1. The quantitative estimate of drug-likeness (QED) is 0.497. The maximum absolute atomic E-state index is 15.1. The van der Waals surface area contributed by atoms with Crippen LogP contribution in [-0.2, 0) is 11.8 Å². The van der Waals surface area contributed by atoms with Crippen molar-refractivity contribution >= 4 is 22.5 Å². The van der Waals surface area contributed by atoms with Crippen molar-refractivity contribution in [2.45, 2.75) is 6.10 Å². The molecule has 11 heteroatoms. The van der Waals surface area contributed by atoms with Gasteiger partial charge in [0, 0.05) is 31.9 Å². The third kappa shape index (κ3) is 3.05. The Hall–Kier alpha value is -2.95. The van der Waals surface area contributed by atoms with Crippen molar-refractivity contribution in [2.75, 3.05) is 20.8 Å². The molecule has 1 atom stereocenters. The molecule has 9 nitrogen and oxygen atoms in total. The third-order valence-electron chi connectivity index (χ3n) is 4.65. The van der Waals surface area contributed by atoms with E-state index in [1.54, 1.807) is 41.0 Å². The lowest BCUT2D eigenvalue weighted by Crippen LogP contribution is -2.07. The third-order valence-corrected chi connectivity index (χ3v) is 5.00. The monoisotopic (exact) mass is 420 g/mol. The van der Waals surface area contributed by atoms with E-state index < -0.39 is 11.9 Å². The molecule has 1 unspecified atom stereocenters. The van der Waals surface area contributed by atoms with E-state index in [0.29, 0.717) is 22.6 Å². The number of H-pyrrole nitrogens is 1. The van der Waals surface area contributed by atoms with Gasteiger partial charge >= 0.3 is 0 Å². The van der Waals surface area contributed by atoms with Gasteiger partial charge in [-0.15, -0.1) is 10.2 Å². The molecule has 1 aromatic carbocycles. The normalized spacial score (nSPS) is 12.6. The number of nitrogens with zero attached hydrogens (tertiary/aromatic N) is 5. The molecule has 152 valence electrons. The van der Waals surface area contributed by atoms with Crippen LogP contribution >= 0.6 is 11.6 Å². The van der Waals surface area contributed by atoms with E-state index in [0.717, 1.165) is 0 Å². The van der Waals surface area contributed by atoms with Gasteiger partial charge < -0.3 is 28.7 Å². The molecule has 0 aliphatic carbocycles. The SMILES string of the molecule is COCC(O)c1nnc(-c2c(-n3ccnc3)c3cc(OC)c(Cl)c(F)c3n2C)[nH]1. The fourth-order valence-electron chi connectivity index (χ4n) is 3.34. The molecule has 3 aromatic heterocycles. The standard InChI is InChI=1S/C18H18ClFN6O3/c1-25-14-9(6-11(29-3)12(19)13(14)20)15(26-5-4-21-8-26)16(25)18-22-17(23-24-18)10(27)7-28-2/h4-6,8,10,27H,7H2,1-3H3,(H,22,23,24). The van der Waals surface area contributed by atoms with Crippen molar-refractivity contribution in [1.82, 2.24) is 29.3 Å². The molecule has 0 saturated carbocycles. The minimum Gasteiger partial charge on any atom is -0.495 e. The number of halogens is 2. The van der Waals surface area contributed by atoms with Crippen LogP contribution in [0, 0.1) is 5.82 Å². The van der Waals surface area contributed by atoms with E-state index in [4.69, 9.17) is 21.1 Å². The van der Waals surface area contributed by atoms with Crippen LogP contribution in [0.5, 0.6) is 5.75 Å². The summed E-state index contributed by atoms with van der Waals surface area (Å²) in [5.74, 6) is 0.172. The molecule has 4 aromatic rings. The van der Waals surface area contributed by atoms with Gasteiger partial charge in [-0.1, -0.05) is 11.6 Å². The summed E-state index contributed by atoms with van der Waals surface area (Å²) in [4.78, 5) is 7.08. The number of fused-ring (bicyclic) bond motifs is 1. The summed E-state index contributed by atoms with van der Waals surface area (Å²) in [6, 6.07) is 1.66. The number of imidazole rings is 1. The van der Waals surface area contributed by atoms with Gasteiger partial charge in [0.2, 0.25) is 0 Å². The molecule has 4 rings (SSSR count). The zero-order chi connectivity index (χ0) is 20.7. The lowest BCUT2D eigenvalue weighted by molar-refractivity contribution is 0.0590. The molecule has 2 N–H and O–H groups in total. The van der Waals surface area contributed by atoms with Crippen LogP contribution in [0.25, 0.3) is 28.1 Å². The molecule has 0 fully saturated rings. The highest BCUT2D eigenvalue weighted by Gasteiger charge is 2.26. The molecular formula is C18H18ClFN6O3. The Morgan fingerprint density at radius 2 is 2.14 bits per heavy atom. The number of benzene rings is 1. The highest BCUT2D eigenvalue weighted by Crippen LogP contribution is 2.41. The first-order valence-corrected chi connectivity index (χ1v) is 8.98. The van der Waals surface area contributed by atoms with Crippen molar-refractivity contribution < 1.29 is 19.0 Å². The Morgan fingerprint density at radius 1 is 1.34 bits per heavy atom. The van der Waals surface area contributed by atoms with Gasteiger partial charge in [0.15, 0.2) is 17.5 Å². The van der Waals surface area contributed by atoms with Gasteiger partial charge in [-0.05, 0) is 6.07 Å². The summed E-state index contributed by atoms with van der Waals surface area (Å²) in [7, 11) is 4.59. The molecule has 0 aliphatic rings. The Kier molecular flexibility index (Phi) is 4.99. The van der Waals surface area contributed by atoms with Gasteiger partial charge in [-0.2, -0.15) is 0 Å². The van der Waals surface area contributed by atoms with Crippen LogP contribution in [0.2, 0.25) is 5.02 Å². The van der Waals surface area contributed by atoms with Crippen LogP contribution in [0.15, 0.2) is 24.8 Å². The van der Waals surface area contributed by atoms with Gasteiger partial charge in [0.25, 0.3) is 0 Å². The van der Waals surface area contributed by atoms with Crippen LogP contribution < -0.4 is 4.74 Å². The predicted molar refractivity (Wildman–Crippen MR) is 104 cm³/mol. The molecule has 0 saturated heterocycles. The van der Waals surface area contributed by atoms with Crippen molar-refractivity contribution in [3.05, 3.63) is 41.5 Å². The van der Waals surface area contributed by atoms with Gasteiger partial charge in [-0.3, -0.25) is 0 Å². The number of methoxy groups -OCH3 is 2. The first kappa shape index (κ1) is 19.4. The van der Waals surface area contributed by atoms with E-state index in [1.807, 2.05) is 0 Å². The highest BCUT2D eigenvalue weighted by atomic mass is 35.5. The second-order valence-electron chi connectivity index (χ2n) is 6.36. The number of hydrogen-bond donors (Lipinski definition) is 2. The molecule has 0 spiro atoms. The zero-order valence-electron chi connectivity index (χ0n) is 15.8. The van der Waals surface area contributed by atoms with Crippen LogP contribution in [0.4, 0.5) is 4.39 Å². The van der Waals surface area contributed by atoms with Crippen LogP contribution in [0.3, 0.4) is 0 Å². The van der Waals surface area contributed by atoms with Gasteiger partial charge in [-0.25, -0.2) is 9.37 Å². The fraction of sp³-hybridized carbons (Fsp3) is 0.278. The minimum atomic E-state index is -0.973. The number of aromatic amines is 1. The minimum absolute atomic E-state index is 0.0551. The molecule has 0 radical (unpaired) electrons. The molecule has 29 heavy (non-hydrogen) atoms. The number of rotatable bonds is 6. The van der Waals surface area contributed by atoms with Gasteiger partial charge in [0.1, 0.15) is 22.6 Å². The highest BCUT2D eigenvalue weighted by molar-refractivity contribution is 6.33. The summed E-state index contributed by atoms with van der Waals surface area (Å²) < 4.78 is 28.7. The second-order valence-corrected chi connectivity index (χ2v) is 6.74. The smallest absolute Gasteiger partial charge is 0.180 e. The molecule has 3 heterocycles. The summed E-state index contributed by atoms with van der Waals surface area (Å²) in [6.45, 7) is 0.0551. The Labute approximate surface area is 169 Å². The van der Waals surface area contributed by atoms with E-state index >= 15 is 4.39 Å². The maximum atomic E-state index is 15.1. The van der Waals surface area contributed by atoms with E-state index in [-0.39, 0.29) is 28.7 Å². The largest absolute Gasteiger partial charge is 0.495 e. The lowest BCUT2D eigenvalue weighted by Gasteiger charge is -2.07. The molecular weight excluding hydrogens is 403 g/mol. The Morgan fingerprint density at radius 3 is 2.79 bits per heavy atom. The van der Waals surface area contributed by atoms with Crippen molar-refractivity contribution in [1.29, 1.82) is 0 Å². The average Bonchev–Trinajstić information content (AvgIpc) is 3.43. The summed E-state index contributed by atoms with van der Waals surface area (Å²) in [5.41, 5.74) is 1.41. The van der Waals surface area contributed by atoms with Crippen molar-refractivity contribution in [2.24, 2.45) is 7.05 Å². The lowest BCUT2D eigenvalue weighted by atomic mass is 10.2. The summed E-state index contributed by atoms with van der Waals surface area (Å²) in [5, 5.41) is 18.7. The van der Waals surface area contributed by atoms with Crippen LogP contribution in [0.1, 0.15) is 11.9 Å². The Bertz CT molecular complexity index is 1170. The number of aromatic nitrogens is 6. The number of aryl methyl sites for hydroxylation is 1. The molecule has 0 aliphatic heterocycles. The summed E-state index contributed by atoms with van der Waals surface area (Å²) >= 11 is 6.14. The number of aliphatic hydroxyl groups excluding tert-OH is 1. The van der Waals surface area contributed by atoms with Crippen molar-refractivity contribution in [3.8, 4) is 23.0 Å². The van der Waals surface area contributed by atoms with E-state index in [9.17, 15) is 5.11 Å². The summed E-state index contributed by atoms with van der Waals surface area (Å²) in [6.07, 6.45) is 3.96. The maximum Gasteiger partial charge on any atom is 0.180 e.